The van der Waals surface area contributed by atoms with Gasteiger partial charge in [0.05, 0.1) is 0 Å². The number of Topliss-reactive ketones (excluding diaryl/α,β-unsaturated/α-hetero) is 1. The molecule has 0 aliphatic carbocycles. The highest BCUT2D eigenvalue weighted by molar-refractivity contribution is 9.10. The van der Waals surface area contributed by atoms with Crippen molar-refractivity contribution in [2.75, 3.05) is 0 Å². The number of carbonyl (C=O) groups is 1. The summed E-state index contributed by atoms with van der Waals surface area (Å²) < 4.78 is 1.05. The smallest absolute Gasteiger partial charge is 0.167 e. The van der Waals surface area contributed by atoms with E-state index in [1.165, 1.54) is 5.56 Å². The fourth-order valence-corrected chi connectivity index (χ4v) is 2.62. The molecule has 0 N–H and O–H groups in total. The Balaban J connectivity index is 2.31. The van der Waals surface area contributed by atoms with E-state index >= 15 is 0 Å². The molecule has 0 saturated heterocycles. The minimum absolute atomic E-state index is 0.183. The van der Waals surface area contributed by atoms with Gasteiger partial charge >= 0.3 is 0 Å². The summed E-state index contributed by atoms with van der Waals surface area (Å²) in [4.78, 5) is 12.4. The van der Waals surface area contributed by atoms with Gasteiger partial charge in [-0.3, -0.25) is 4.79 Å². The van der Waals surface area contributed by atoms with Crippen molar-refractivity contribution in [2.45, 2.75) is 27.2 Å². The highest BCUT2D eigenvalue weighted by atomic mass is 79.9. The summed E-state index contributed by atoms with van der Waals surface area (Å²) in [5.41, 5.74) is 5.22. The molecular weight excluding hydrogens is 300 g/mol. The number of benzene rings is 2. The number of carbonyl (C=O) groups excluding carboxylic acids is 1. The second-order valence-electron chi connectivity index (χ2n) is 4.94. The third-order valence-electron chi connectivity index (χ3n) is 3.42. The predicted molar refractivity (Wildman–Crippen MR) is 82.8 cm³/mol. The van der Waals surface area contributed by atoms with Crippen LogP contribution in [0.1, 0.15) is 32.6 Å². The van der Waals surface area contributed by atoms with Crippen molar-refractivity contribution >= 4 is 21.7 Å². The normalized spacial score (nSPS) is 10.5. The van der Waals surface area contributed by atoms with Crippen molar-refractivity contribution in [3.8, 4) is 0 Å². The molecule has 2 heteroatoms. The highest BCUT2D eigenvalue weighted by Gasteiger charge is 2.12. The molecule has 0 unspecified atom stereocenters. The summed E-state index contributed by atoms with van der Waals surface area (Å²) in [5, 5.41) is 0. The van der Waals surface area contributed by atoms with Crippen LogP contribution >= 0.6 is 15.9 Å². The predicted octanol–water partition coefficient (Wildman–Crippen LogP) is 4.80. The van der Waals surface area contributed by atoms with Gasteiger partial charge in [0.15, 0.2) is 5.78 Å². The van der Waals surface area contributed by atoms with E-state index in [0.29, 0.717) is 6.42 Å². The summed E-state index contributed by atoms with van der Waals surface area (Å²) in [7, 11) is 0. The molecule has 0 aliphatic rings. The number of ketones is 1. The third-order valence-corrected chi connectivity index (χ3v) is 4.27. The van der Waals surface area contributed by atoms with E-state index in [1.807, 2.05) is 57.2 Å². The van der Waals surface area contributed by atoms with Gasteiger partial charge in [0.2, 0.25) is 0 Å². The molecule has 98 valence electrons. The van der Waals surface area contributed by atoms with E-state index < -0.39 is 0 Å². The second kappa shape index (κ2) is 5.70. The molecule has 0 bridgehead atoms. The average molecular weight is 317 g/mol. The van der Waals surface area contributed by atoms with Crippen LogP contribution in [-0.4, -0.2) is 5.78 Å². The van der Waals surface area contributed by atoms with Crippen molar-refractivity contribution < 1.29 is 4.79 Å². The van der Waals surface area contributed by atoms with Crippen molar-refractivity contribution in [1.29, 1.82) is 0 Å². The minimum atomic E-state index is 0.183. The van der Waals surface area contributed by atoms with E-state index in [9.17, 15) is 4.79 Å². The van der Waals surface area contributed by atoms with Gasteiger partial charge < -0.3 is 0 Å². The summed E-state index contributed by atoms with van der Waals surface area (Å²) in [5.74, 6) is 0.183. The topological polar surface area (TPSA) is 17.1 Å². The second-order valence-corrected chi connectivity index (χ2v) is 5.80. The number of halogens is 1. The van der Waals surface area contributed by atoms with E-state index in [0.717, 1.165) is 26.7 Å². The standard InChI is InChI=1S/C17H17BrO/c1-11-6-4-5-7-14(11)10-17(19)15-8-13(3)16(18)9-12(15)2/h4-9H,10H2,1-3H3. The highest BCUT2D eigenvalue weighted by Crippen LogP contribution is 2.22. The first-order valence-corrected chi connectivity index (χ1v) is 7.13. The van der Waals surface area contributed by atoms with Crippen LogP contribution in [0.15, 0.2) is 40.9 Å². The van der Waals surface area contributed by atoms with Crippen molar-refractivity contribution in [3.63, 3.8) is 0 Å². The Labute approximate surface area is 122 Å². The Morgan fingerprint density at radius 2 is 1.68 bits per heavy atom. The molecular formula is C17H17BrO. The Kier molecular flexibility index (Phi) is 4.20. The number of rotatable bonds is 3. The van der Waals surface area contributed by atoms with Gasteiger partial charge in [-0.25, -0.2) is 0 Å². The summed E-state index contributed by atoms with van der Waals surface area (Å²) in [6.07, 6.45) is 0.467. The molecule has 2 aromatic carbocycles. The fraction of sp³-hybridized carbons (Fsp3) is 0.235. The molecule has 0 amide bonds. The zero-order chi connectivity index (χ0) is 14.0. The maximum absolute atomic E-state index is 12.4. The molecule has 0 radical (unpaired) electrons. The summed E-state index contributed by atoms with van der Waals surface area (Å²) in [6.45, 7) is 6.03. The maximum atomic E-state index is 12.4. The van der Waals surface area contributed by atoms with Crippen molar-refractivity contribution in [1.82, 2.24) is 0 Å². The summed E-state index contributed by atoms with van der Waals surface area (Å²) >= 11 is 3.50. The lowest BCUT2D eigenvalue weighted by Gasteiger charge is -2.09. The van der Waals surface area contributed by atoms with Crippen LogP contribution in [-0.2, 0) is 6.42 Å². The van der Waals surface area contributed by atoms with Gasteiger partial charge in [-0.05, 0) is 55.2 Å². The van der Waals surface area contributed by atoms with Crippen molar-refractivity contribution in [2.24, 2.45) is 0 Å². The zero-order valence-corrected chi connectivity index (χ0v) is 13.0. The first kappa shape index (κ1) is 14.0. The molecule has 0 saturated carbocycles. The van der Waals surface area contributed by atoms with Crippen LogP contribution in [0.2, 0.25) is 0 Å². The lowest BCUT2D eigenvalue weighted by atomic mass is 9.96. The van der Waals surface area contributed by atoms with Gasteiger partial charge in [-0.2, -0.15) is 0 Å². The van der Waals surface area contributed by atoms with Crippen LogP contribution in [0.25, 0.3) is 0 Å². The van der Waals surface area contributed by atoms with Gasteiger partial charge in [0.1, 0.15) is 0 Å². The quantitative estimate of drug-likeness (QED) is 0.743. The SMILES string of the molecule is Cc1cc(C(=O)Cc2ccccc2C)c(C)cc1Br. The van der Waals surface area contributed by atoms with Crippen LogP contribution in [0.3, 0.4) is 0 Å². The maximum Gasteiger partial charge on any atom is 0.167 e. The third kappa shape index (κ3) is 3.13. The van der Waals surface area contributed by atoms with E-state index in [-0.39, 0.29) is 5.78 Å². The molecule has 2 aromatic rings. The number of hydrogen-bond acceptors (Lipinski definition) is 1. The monoisotopic (exact) mass is 316 g/mol. The molecule has 0 aromatic heterocycles. The van der Waals surface area contributed by atoms with Gasteiger partial charge in [0, 0.05) is 16.5 Å². The van der Waals surface area contributed by atoms with Crippen LogP contribution in [0, 0.1) is 20.8 Å². The Bertz CT molecular complexity index is 629. The molecule has 0 spiro atoms. The first-order chi connectivity index (χ1) is 8.99. The van der Waals surface area contributed by atoms with Gasteiger partial charge in [-0.15, -0.1) is 0 Å². The van der Waals surface area contributed by atoms with Crippen LogP contribution in [0.4, 0.5) is 0 Å². The lowest BCUT2D eigenvalue weighted by Crippen LogP contribution is -2.07. The van der Waals surface area contributed by atoms with E-state index in [1.54, 1.807) is 0 Å². The largest absolute Gasteiger partial charge is 0.294 e. The number of hydrogen-bond donors (Lipinski definition) is 0. The van der Waals surface area contributed by atoms with Crippen LogP contribution in [0.5, 0.6) is 0 Å². The molecule has 0 atom stereocenters. The molecule has 2 rings (SSSR count). The van der Waals surface area contributed by atoms with E-state index in [2.05, 4.69) is 15.9 Å². The van der Waals surface area contributed by atoms with Crippen molar-refractivity contribution in [3.05, 3.63) is 68.7 Å². The summed E-state index contributed by atoms with van der Waals surface area (Å²) in [6, 6.07) is 12.0. The Morgan fingerprint density at radius 3 is 2.37 bits per heavy atom. The van der Waals surface area contributed by atoms with Crippen LogP contribution < -0.4 is 0 Å². The van der Waals surface area contributed by atoms with E-state index in [4.69, 9.17) is 0 Å². The average Bonchev–Trinajstić information content (AvgIpc) is 2.36. The molecule has 0 aliphatic heterocycles. The first-order valence-electron chi connectivity index (χ1n) is 6.33. The Morgan fingerprint density at radius 1 is 1.00 bits per heavy atom. The minimum Gasteiger partial charge on any atom is -0.294 e. The Hall–Kier alpha value is -1.41. The zero-order valence-electron chi connectivity index (χ0n) is 11.5. The lowest BCUT2D eigenvalue weighted by molar-refractivity contribution is 0.0992. The van der Waals surface area contributed by atoms with Gasteiger partial charge in [0.25, 0.3) is 0 Å². The molecule has 19 heavy (non-hydrogen) atoms. The fourth-order valence-electron chi connectivity index (χ4n) is 2.16. The molecule has 0 fully saturated rings. The molecule has 1 nitrogen and oxygen atoms in total. The molecule has 0 heterocycles. The number of aryl methyl sites for hydroxylation is 3. The van der Waals surface area contributed by atoms with Gasteiger partial charge in [-0.1, -0.05) is 40.2 Å².